The molecule has 0 aliphatic heterocycles. The van der Waals surface area contributed by atoms with E-state index in [2.05, 4.69) is 45.8 Å². The van der Waals surface area contributed by atoms with E-state index < -0.39 is 14.4 Å². The summed E-state index contributed by atoms with van der Waals surface area (Å²) in [5.41, 5.74) is 5.82. The van der Waals surface area contributed by atoms with Gasteiger partial charge in [-0.25, -0.2) is 4.79 Å². The van der Waals surface area contributed by atoms with Crippen LogP contribution in [0.25, 0.3) is 0 Å². The van der Waals surface area contributed by atoms with Crippen LogP contribution in [0.15, 0.2) is 12.7 Å². The molecular weight excluding hydrogens is 284 g/mol. The van der Waals surface area contributed by atoms with Gasteiger partial charge in [0.2, 0.25) is 0 Å². The van der Waals surface area contributed by atoms with Crippen LogP contribution in [0.2, 0.25) is 18.1 Å². The van der Waals surface area contributed by atoms with Gasteiger partial charge in [0.1, 0.15) is 6.61 Å². The molecule has 0 heterocycles. The summed E-state index contributed by atoms with van der Waals surface area (Å²) >= 11 is 0. The van der Waals surface area contributed by atoms with Gasteiger partial charge in [0, 0.05) is 18.6 Å². The Labute approximate surface area is 130 Å². The molecule has 0 spiro atoms. The van der Waals surface area contributed by atoms with Crippen molar-refractivity contribution < 1.29 is 14.0 Å². The zero-order valence-corrected chi connectivity index (χ0v) is 15.4. The zero-order chi connectivity index (χ0) is 16.7. The van der Waals surface area contributed by atoms with Crippen molar-refractivity contribution >= 4 is 14.4 Å². The minimum atomic E-state index is -1.84. The van der Waals surface area contributed by atoms with Crippen molar-refractivity contribution in [3.8, 4) is 0 Å². The van der Waals surface area contributed by atoms with E-state index in [0.717, 1.165) is 0 Å². The number of alkyl carbamates (subject to hydrolysis) is 1. The zero-order valence-electron chi connectivity index (χ0n) is 14.4. The first kappa shape index (κ1) is 20.1. The van der Waals surface area contributed by atoms with Crippen molar-refractivity contribution in [3.05, 3.63) is 12.7 Å². The number of hydrogen-bond acceptors (Lipinski definition) is 4. The topological polar surface area (TPSA) is 73.6 Å². The predicted molar refractivity (Wildman–Crippen MR) is 89.8 cm³/mol. The van der Waals surface area contributed by atoms with Gasteiger partial charge in [-0.2, -0.15) is 0 Å². The van der Waals surface area contributed by atoms with Crippen LogP contribution in [0.3, 0.4) is 0 Å². The maximum Gasteiger partial charge on any atom is 0.407 e. The van der Waals surface area contributed by atoms with Gasteiger partial charge in [-0.1, -0.05) is 33.4 Å². The molecule has 124 valence electrons. The summed E-state index contributed by atoms with van der Waals surface area (Å²) in [4.78, 5) is 11.4. The van der Waals surface area contributed by atoms with Crippen molar-refractivity contribution in [1.29, 1.82) is 0 Å². The molecule has 0 radical (unpaired) electrons. The molecule has 5 nitrogen and oxygen atoms in total. The molecule has 0 rings (SSSR count). The number of carbonyl (C=O) groups is 1. The molecule has 0 saturated carbocycles. The third kappa shape index (κ3) is 7.11. The second-order valence-corrected chi connectivity index (χ2v) is 11.6. The first-order valence-corrected chi connectivity index (χ1v) is 10.4. The average Bonchev–Trinajstić information content (AvgIpc) is 2.35. The van der Waals surface area contributed by atoms with Crippen LogP contribution in [0.1, 0.15) is 27.7 Å². The lowest BCUT2D eigenvalue weighted by Gasteiger charge is -2.40. The number of nitrogens with one attached hydrogen (secondary N) is 1. The van der Waals surface area contributed by atoms with E-state index in [1.807, 2.05) is 6.92 Å². The van der Waals surface area contributed by atoms with Gasteiger partial charge in [0.15, 0.2) is 8.32 Å². The average molecular weight is 317 g/mol. The number of carbonyl (C=O) groups excluding carboxylic acids is 1. The second-order valence-electron chi connectivity index (χ2n) is 6.85. The molecule has 1 amide bonds. The van der Waals surface area contributed by atoms with E-state index in [0.29, 0.717) is 13.1 Å². The predicted octanol–water partition coefficient (Wildman–Crippen LogP) is 2.88. The normalized spacial score (nSPS) is 15.2. The number of rotatable bonds is 8. The molecule has 3 N–H and O–H groups in total. The monoisotopic (exact) mass is 316 g/mol. The Morgan fingerprint density at radius 2 is 2.00 bits per heavy atom. The first-order valence-electron chi connectivity index (χ1n) is 7.44. The van der Waals surface area contributed by atoms with Crippen molar-refractivity contribution in [2.75, 3.05) is 19.7 Å². The van der Waals surface area contributed by atoms with Crippen molar-refractivity contribution in [1.82, 2.24) is 5.32 Å². The van der Waals surface area contributed by atoms with Crippen LogP contribution < -0.4 is 11.1 Å². The lowest BCUT2D eigenvalue weighted by molar-refractivity contribution is 0.127. The van der Waals surface area contributed by atoms with Gasteiger partial charge >= 0.3 is 6.09 Å². The van der Waals surface area contributed by atoms with Gasteiger partial charge in [0.05, 0.1) is 0 Å². The van der Waals surface area contributed by atoms with Crippen LogP contribution in [0.4, 0.5) is 4.79 Å². The third-order valence-electron chi connectivity index (χ3n) is 4.09. The quantitative estimate of drug-likeness (QED) is 0.533. The van der Waals surface area contributed by atoms with Crippen LogP contribution in [-0.4, -0.2) is 40.2 Å². The summed E-state index contributed by atoms with van der Waals surface area (Å²) in [6, 6.07) is 0. The molecule has 0 fully saturated rings. The molecule has 0 aliphatic rings. The number of nitrogens with two attached hydrogens (primary N) is 1. The van der Waals surface area contributed by atoms with Gasteiger partial charge < -0.3 is 20.2 Å². The Balaban J connectivity index is 4.46. The summed E-state index contributed by atoms with van der Waals surface area (Å²) in [6.07, 6.45) is 1.08. The van der Waals surface area contributed by atoms with E-state index in [4.69, 9.17) is 14.9 Å². The molecular formula is C15H32N2O3Si. The Hall–Kier alpha value is -0.853. The molecule has 6 heteroatoms. The van der Waals surface area contributed by atoms with E-state index in [9.17, 15) is 4.79 Å². The fourth-order valence-electron chi connectivity index (χ4n) is 1.58. The summed E-state index contributed by atoms with van der Waals surface area (Å²) in [5, 5.41) is 2.87. The first-order chi connectivity index (χ1) is 9.55. The van der Waals surface area contributed by atoms with Crippen molar-refractivity contribution in [3.63, 3.8) is 0 Å². The van der Waals surface area contributed by atoms with Crippen LogP contribution in [-0.2, 0) is 9.16 Å². The molecule has 21 heavy (non-hydrogen) atoms. The highest BCUT2D eigenvalue weighted by molar-refractivity contribution is 6.74. The van der Waals surface area contributed by atoms with Gasteiger partial charge in [-0.05, 0) is 31.6 Å². The Bertz CT molecular complexity index is 340. The van der Waals surface area contributed by atoms with E-state index >= 15 is 0 Å². The minimum Gasteiger partial charge on any atom is -0.445 e. The molecule has 0 bridgehead atoms. The van der Waals surface area contributed by atoms with E-state index in [1.165, 1.54) is 6.08 Å². The smallest absolute Gasteiger partial charge is 0.407 e. The standard InChI is InChI=1S/C15H32N2O3Si/c1-8-9-19-14(18)17-11-13(10-16)12(2)20-21(6,7)15(3,4)5/h8,12-13H,1,9-11,16H2,2-7H3,(H,17,18). The highest BCUT2D eigenvalue weighted by atomic mass is 28.4. The summed E-state index contributed by atoms with van der Waals surface area (Å²) in [6.45, 7) is 17.7. The molecule has 0 aromatic heterocycles. The van der Waals surface area contributed by atoms with Crippen LogP contribution >= 0.6 is 0 Å². The number of hydrogen-bond donors (Lipinski definition) is 2. The molecule has 2 atom stereocenters. The minimum absolute atomic E-state index is 0.00408. The lowest BCUT2D eigenvalue weighted by atomic mass is 10.0. The second kappa shape index (κ2) is 8.56. The lowest BCUT2D eigenvalue weighted by Crippen LogP contribution is -2.48. The van der Waals surface area contributed by atoms with Crippen LogP contribution in [0, 0.1) is 5.92 Å². The largest absolute Gasteiger partial charge is 0.445 e. The van der Waals surface area contributed by atoms with Crippen molar-refractivity contribution in [2.45, 2.75) is 51.9 Å². The maximum atomic E-state index is 11.4. The number of amides is 1. The molecule has 2 unspecified atom stereocenters. The molecule has 0 saturated heterocycles. The van der Waals surface area contributed by atoms with Gasteiger partial charge in [0.25, 0.3) is 0 Å². The third-order valence-corrected chi connectivity index (χ3v) is 8.67. The van der Waals surface area contributed by atoms with E-state index in [-0.39, 0.29) is 23.7 Å². The number of ether oxygens (including phenoxy) is 1. The Kier molecular flexibility index (Phi) is 8.21. The Morgan fingerprint density at radius 3 is 2.43 bits per heavy atom. The SMILES string of the molecule is C=CCOC(=O)NCC(CN)C(C)O[Si](C)(C)C(C)(C)C. The highest BCUT2D eigenvalue weighted by Crippen LogP contribution is 2.37. The molecule has 0 aromatic rings. The van der Waals surface area contributed by atoms with Crippen molar-refractivity contribution in [2.24, 2.45) is 11.7 Å². The summed E-state index contributed by atoms with van der Waals surface area (Å²) in [7, 11) is -1.84. The van der Waals surface area contributed by atoms with Gasteiger partial charge in [-0.15, -0.1) is 0 Å². The maximum absolute atomic E-state index is 11.4. The molecule has 0 aliphatic carbocycles. The fraction of sp³-hybridized carbons (Fsp3) is 0.800. The van der Waals surface area contributed by atoms with Gasteiger partial charge in [-0.3, -0.25) is 0 Å². The Morgan fingerprint density at radius 1 is 1.43 bits per heavy atom. The summed E-state index contributed by atoms with van der Waals surface area (Å²) in [5.74, 6) is 0.0652. The van der Waals surface area contributed by atoms with Crippen LogP contribution in [0.5, 0.6) is 0 Å². The molecule has 0 aromatic carbocycles. The highest BCUT2D eigenvalue weighted by Gasteiger charge is 2.39. The van der Waals surface area contributed by atoms with E-state index in [1.54, 1.807) is 0 Å². The fourth-order valence-corrected chi connectivity index (χ4v) is 3.05. The summed E-state index contributed by atoms with van der Waals surface area (Å²) < 4.78 is 11.2.